The lowest BCUT2D eigenvalue weighted by Crippen LogP contribution is -2.34. The van der Waals surface area contributed by atoms with E-state index in [1.54, 1.807) is 0 Å². The van der Waals surface area contributed by atoms with Crippen molar-refractivity contribution in [1.29, 1.82) is 0 Å². The molecular weight excluding hydrogens is 134 g/mol. The summed E-state index contributed by atoms with van der Waals surface area (Å²) in [6, 6.07) is 0.273. The van der Waals surface area contributed by atoms with Crippen LogP contribution in [0.4, 0.5) is 0 Å². The third-order valence-electron chi connectivity index (χ3n) is 2.12. The summed E-state index contributed by atoms with van der Waals surface area (Å²) in [5.41, 5.74) is 0. The van der Waals surface area contributed by atoms with Gasteiger partial charge in [-0.1, -0.05) is 39.5 Å². The summed E-state index contributed by atoms with van der Waals surface area (Å²) in [7, 11) is 0. The van der Waals surface area contributed by atoms with Crippen LogP contribution in [0.5, 0.6) is 0 Å². The number of hydrogen-bond donors (Lipinski definition) is 1. The van der Waals surface area contributed by atoms with E-state index in [1.165, 1.54) is 12.8 Å². The largest absolute Gasteiger partial charge is 0.304 e. The van der Waals surface area contributed by atoms with Gasteiger partial charge in [0.2, 0.25) is 0 Å². The molecular formula is C10H19N. The Morgan fingerprint density at radius 3 is 2.09 bits per heavy atom. The van der Waals surface area contributed by atoms with E-state index in [-0.39, 0.29) is 6.04 Å². The highest BCUT2D eigenvalue weighted by atomic mass is 14.9. The van der Waals surface area contributed by atoms with Gasteiger partial charge in [-0.05, 0) is 12.5 Å². The first-order chi connectivity index (χ1) is 5.29. The van der Waals surface area contributed by atoms with Crippen molar-refractivity contribution < 1.29 is 0 Å². The molecule has 0 heterocycles. The van der Waals surface area contributed by atoms with E-state index in [2.05, 4.69) is 32.0 Å². The van der Waals surface area contributed by atoms with E-state index >= 15 is 0 Å². The summed E-state index contributed by atoms with van der Waals surface area (Å²) in [4.78, 5) is 0. The zero-order valence-electron chi connectivity index (χ0n) is 7.85. The van der Waals surface area contributed by atoms with Crippen LogP contribution in [0.15, 0.2) is 0 Å². The van der Waals surface area contributed by atoms with Crippen molar-refractivity contribution in [2.24, 2.45) is 5.92 Å². The smallest absolute Gasteiger partial charge is 0.0715 e. The van der Waals surface area contributed by atoms with E-state index < -0.39 is 0 Å². The molecule has 1 N–H and O–H groups in total. The van der Waals surface area contributed by atoms with Crippen LogP contribution < -0.4 is 5.32 Å². The summed E-state index contributed by atoms with van der Waals surface area (Å²) in [6.07, 6.45) is 7.73. The second kappa shape index (κ2) is 6.24. The third kappa shape index (κ3) is 3.43. The maximum absolute atomic E-state index is 5.40. The molecule has 0 aliphatic rings. The quantitative estimate of drug-likeness (QED) is 0.596. The van der Waals surface area contributed by atoms with Gasteiger partial charge in [0.05, 0.1) is 6.04 Å². The minimum absolute atomic E-state index is 0.273. The molecule has 0 aromatic rings. The Morgan fingerprint density at radius 2 is 1.82 bits per heavy atom. The van der Waals surface area contributed by atoms with Crippen molar-refractivity contribution >= 4 is 0 Å². The maximum Gasteiger partial charge on any atom is 0.0715 e. The number of hydrogen-bond acceptors (Lipinski definition) is 1. The summed E-state index contributed by atoms with van der Waals surface area (Å²) < 4.78 is 0. The Kier molecular flexibility index (Phi) is 5.97. The van der Waals surface area contributed by atoms with Crippen molar-refractivity contribution in [2.45, 2.75) is 39.7 Å². The van der Waals surface area contributed by atoms with E-state index in [9.17, 15) is 0 Å². The molecule has 1 nitrogen and oxygen atoms in total. The predicted molar refractivity (Wildman–Crippen MR) is 50.4 cm³/mol. The molecule has 0 bridgehead atoms. The van der Waals surface area contributed by atoms with Crippen LogP contribution in [0.1, 0.15) is 33.6 Å². The van der Waals surface area contributed by atoms with Crippen LogP contribution in [0.25, 0.3) is 0 Å². The molecule has 0 aromatic heterocycles. The lowest BCUT2D eigenvalue weighted by Gasteiger charge is -2.20. The lowest BCUT2D eigenvalue weighted by molar-refractivity contribution is 0.398. The van der Waals surface area contributed by atoms with Crippen LogP contribution >= 0.6 is 0 Å². The lowest BCUT2D eigenvalue weighted by atomic mass is 9.95. The second-order valence-corrected chi connectivity index (χ2v) is 2.78. The van der Waals surface area contributed by atoms with Crippen molar-refractivity contribution in [3.63, 3.8) is 0 Å². The standard InChI is InChI=1S/C10H19N/c1-5-9(6-2)10(7-3)11-8-4/h3,9-11H,5-6,8H2,1-2,4H3. The molecule has 0 fully saturated rings. The zero-order chi connectivity index (χ0) is 8.69. The Labute approximate surface area is 70.6 Å². The van der Waals surface area contributed by atoms with Gasteiger partial charge < -0.3 is 5.32 Å². The highest BCUT2D eigenvalue weighted by Gasteiger charge is 2.13. The van der Waals surface area contributed by atoms with Crippen LogP contribution in [-0.4, -0.2) is 12.6 Å². The molecule has 1 heteroatoms. The van der Waals surface area contributed by atoms with Gasteiger partial charge in [0.1, 0.15) is 0 Å². The monoisotopic (exact) mass is 153 g/mol. The van der Waals surface area contributed by atoms with E-state index in [4.69, 9.17) is 6.42 Å². The first-order valence-electron chi connectivity index (χ1n) is 4.49. The van der Waals surface area contributed by atoms with E-state index in [1.807, 2.05) is 0 Å². The summed E-state index contributed by atoms with van der Waals surface area (Å²) in [5.74, 6) is 3.43. The molecule has 0 aliphatic carbocycles. The predicted octanol–water partition coefficient (Wildman–Crippen LogP) is 2.03. The van der Waals surface area contributed by atoms with Crippen LogP contribution in [0.2, 0.25) is 0 Å². The molecule has 0 amide bonds. The molecule has 64 valence electrons. The Bertz CT molecular complexity index is 119. The van der Waals surface area contributed by atoms with Crippen molar-refractivity contribution in [3.8, 4) is 12.3 Å². The molecule has 0 saturated carbocycles. The Hall–Kier alpha value is -0.480. The summed E-state index contributed by atoms with van der Waals surface area (Å²) in [6.45, 7) is 7.43. The fraction of sp³-hybridized carbons (Fsp3) is 0.800. The van der Waals surface area contributed by atoms with Gasteiger partial charge in [0.15, 0.2) is 0 Å². The molecule has 0 spiro atoms. The molecule has 0 aliphatic heterocycles. The van der Waals surface area contributed by atoms with Crippen LogP contribution in [0, 0.1) is 18.3 Å². The van der Waals surface area contributed by atoms with Crippen LogP contribution in [0.3, 0.4) is 0 Å². The van der Waals surface area contributed by atoms with E-state index in [0.29, 0.717) is 5.92 Å². The number of nitrogens with one attached hydrogen (secondary N) is 1. The molecule has 1 atom stereocenters. The third-order valence-corrected chi connectivity index (χ3v) is 2.12. The average molecular weight is 153 g/mol. The fourth-order valence-corrected chi connectivity index (χ4v) is 1.34. The van der Waals surface area contributed by atoms with Gasteiger partial charge in [-0.3, -0.25) is 0 Å². The highest BCUT2D eigenvalue weighted by molar-refractivity contribution is 5.01. The molecule has 11 heavy (non-hydrogen) atoms. The second-order valence-electron chi connectivity index (χ2n) is 2.78. The topological polar surface area (TPSA) is 12.0 Å². The molecule has 1 unspecified atom stereocenters. The molecule has 0 rings (SSSR count). The molecule has 0 aromatic carbocycles. The van der Waals surface area contributed by atoms with Gasteiger partial charge in [0, 0.05) is 0 Å². The first-order valence-corrected chi connectivity index (χ1v) is 4.49. The summed E-state index contributed by atoms with van der Waals surface area (Å²) >= 11 is 0. The zero-order valence-corrected chi connectivity index (χ0v) is 7.85. The minimum Gasteiger partial charge on any atom is -0.304 e. The van der Waals surface area contributed by atoms with Gasteiger partial charge in [0.25, 0.3) is 0 Å². The number of rotatable bonds is 5. The Balaban J connectivity index is 3.89. The van der Waals surface area contributed by atoms with Gasteiger partial charge >= 0.3 is 0 Å². The van der Waals surface area contributed by atoms with Crippen molar-refractivity contribution in [1.82, 2.24) is 5.32 Å². The number of terminal acetylenes is 1. The van der Waals surface area contributed by atoms with Gasteiger partial charge in [-0.15, -0.1) is 6.42 Å². The van der Waals surface area contributed by atoms with Crippen molar-refractivity contribution in [2.75, 3.05) is 6.54 Å². The summed E-state index contributed by atoms with van der Waals surface area (Å²) in [5, 5.41) is 3.30. The normalized spacial score (nSPS) is 13.0. The molecule has 0 radical (unpaired) electrons. The van der Waals surface area contributed by atoms with Crippen LogP contribution in [-0.2, 0) is 0 Å². The SMILES string of the molecule is C#CC(NCC)C(CC)CC. The average Bonchev–Trinajstić information content (AvgIpc) is 2.05. The van der Waals surface area contributed by atoms with Gasteiger partial charge in [-0.25, -0.2) is 0 Å². The first kappa shape index (κ1) is 10.5. The fourth-order valence-electron chi connectivity index (χ4n) is 1.34. The van der Waals surface area contributed by atoms with E-state index in [0.717, 1.165) is 6.54 Å². The minimum atomic E-state index is 0.273. The Morgan fingerprint density at radius 1 is 1.27 bits per heavy atom. The van der Waals surface area contributed by atoms with Gasteiger partial charge in [-0.2, -0.15) is 0 Å². The molecule has 0 saturated heterocycles. The van der Waals surface area contributed by atoms with Crippen molar-refractivity contribution in [3.05, 3.63) is 0 Å². The maximum atomic E-state index is 5.40. The highest BCUT2D eigenvalue weighted by Crippen LogP contribution is 2.11.